The van der Waals surface area contributed by atoms with Crippen LogP contribution in [0.2, 0.25) is 0 Å². The molecule has 0 heterocycles. The van der Waals surface area contributed by atoms with Gasteiger partial charge in [-0.25, -0.2) is 0 Å². The van der Waals surface area contributed by atoms with Gasteiger partial charge in [-0.15, -0.1) is 0 Å². The molecule has 5 unspecified atom stereocenters. The maximum absolute atomic E-state index is 11.4. The zero-order chi connectivity index (χ0) is 42.8. The number of hydrogen-bond acceptors (Lipinski definition) is 10. The molecule has 0 aliphatic heterocycles. The van der Waals surface area contributed by atoms with Crippen molar-refractivity contribution in [3.05, 3.63) is 71.8 Å². The second-order valence-electron chi connectivity index (χ2n) is 13.6. The molecule has 2 aromatic carbocycles. The highest BCUT2D eigenvalue weighted by molar-refractivity contribution is 7.99. The van der Waals surface area contributed by atoms with Crippen LogP contribution in [0.5, 0.6) is 0 Å². The Bertz CT molecular complexity index is 1240. The van der Waals surface area contributed by atoms with E-state index in [0.29, 0.717) is 56.2 Å². The first-order chi connectivity index (χ1) is 26.7. The molecule has 0 aliphatic carbocycles. The van der Waals surface area contributed by atoms with Crippen LogP contribution in [0.4, 0.5) is 0 Å². The van der Waals surface area contributed by atoms with Crippen molar-refractivity contribution in [3.63, 3.8) is 0 Å². The number of rotatable bonds is 24. The molecule has 2 aromatic rings. The highest BCUT2D eigenvalue weighted by Gasteiger charge is 2.36. The number of esters is 2. The third kappa shape index (κ3) is 27.5. The van der Waals surface area contributed by atoms with E-state index in [4.69, 9.17) is 14.6 Å². The minimum atomic E-state index is -0.926. The number of benzene rings is 2. The third-order valence-corrected chi connectivity index (χ3v) is 11.4. The fourth-order valence-electron chi connectivity index (χ4n) is 4.92. The summed E-state index contributed by atoms with van der Waals surface area (Å²) in [5.41, 5.74) is 1.97. The SMILES string of the molecule is CCC(C)c1ccccc1.CCC(C)c1ccccc1.CCOCCSCC(C)(CC(C)C(=O)OC)C(=O)O.CCOCCSCC(CCC(=O)OC)C(=O)O. The predicted octanol–water partition coefficient (Wildman–Crippen LogP) is 9.86. The first-order valence-corrected chi connectivity index (χ1v) is 22.0. The predicted molar refractivity (Wildman–Crippen MR) is 232 cm³/mol. The third-order valence-electron chi connectivity index (χ3n) is 9.00. The first-order valence-electron chi connectivity index (χ1n) is 19.7. The van der Waals surface area contributed by atoms with Gasteiger partial charge in [0.15, 0.2) is 0 Å². The highest BCUT2D eigenvalue weighted by atomic mass is 32.2. The smallest absolute Gasteiger partial charge is 0.310 e. The number of hydrogen-bond donors (Lipinski definition) is 2. The molecule has 5 atom stereocenters. The van der Waals surface area contributed by atoms with Gasteiger partial charge in [0.1, 0.15) is 0 Å². The van der Waals surface area contributed by atoms with Crippen LogP contribution in [0.15, 0.2) is 60.7 Å². The van der Waals surface area contributed by atoms with Gasteiger partial charge in [-0.05, 0) is 69.4 Å². The van der Waals surface area contributed by atoms with Crippen LogP contribution in [-0.4, -0.2) is 97.7 Å². The van der Waals surface area contributed by atoms with Crippen LogP contribution >= 0.6 is 23.5 Å². The molecule has 320 valence electrons. The molecule has 12 heteroatoms. The van der Waals surface area contributed by atoms with Gasteiger partial charge in [0.25, 0.3) is 0 Å². The summed E-state index contributed by atoms with van der Waals surface area (Å²) in [4.78, 5) is 44.6. The van der Waals surface area contributed by atoms with Crippen molar-refractivity contribution in [2.75, 3.05) is 63.7 Å². The molecule has 0 saturated carbocycles. The average Bonchev–Trinajstić information content (AvgIpc) is 3.21. The lowest BCUT2D eigenvalue weighted by Crippen LogP contribution is -2.34. The summed E-state index contributed by atoms with van der Waals surface area (Å²) in [6.07, 6.45) is 3.20. The lowest BCUT2D eigenvalue weighted by Gasteiger charge is -2.26. The van der Waals surface area contributed by atoms with E-state index in [1.165, 1.54) is 61.7 Å². The van der Waals surface area contributed by atoms with Crippen molar-refractivity contribution in [2.24, 2.45) is 17.3 Å². The second kappa shape index (κ2) is 35.1. The van der Waals surface area contributed by atoms with Gasteiger partial charge in [-0.1, -0.05) is 95.3 Å². The lowest BCUT2D eigenvalue weighted by molar-refractivity contribution is -0.151. The van der Waals surface area contributed by atoms with Gasteiger partial charge in [-0.2, -0.15) is 23.5 Å². The van der Waals surface area contributed by atoms with E-state index in [2.05, 4.69) is 97.8 Å². The second-order valence-corrected chi connectivity index (χ2v) is 15.9. The van der Waals surface area contributed by atoms with Crippen LogP contribution in [0.1, 0.15) is 110 Å². The average molecular weight is 825 g/mol. The number of aliphatic carboxylic acids is 2. The van der Waals surface area contributed by atoms with Crippen LogP contribution in [0.3, 0.4) is 0 Å². The Morgan fingerprint density at radius 3 is 1.55 bits per heavy atom. The summed E-state index contributed by atoms with van der Waals surface area (Å²) < 4.78 is 19.5. The summed E-state index contributed by atoms with van der Waals surface area (Å²) in [5, 5.41) is 18.3. The van der Waals surface area contributed by atoms with E-state index in [9.17, 15) is 24.3 Å². The molecular formula is C44H72O10S2. The van der Waals surface area contributed by atoms with E-state index in [1.54, 1.807) is 13.8 Å². The van der Waals surface area contributed by atoms with Crippen molar-refractivity contribution in [1.82, 2.24) is 0 Å². The van der Waals surface area contributed by atoms with Gasteiger partial charge in [0, 0.05) is 42.6 Å². The van der Waals surface area contributed by atoms with Crippen molar-refractivity contribution >= 4 is 47.4 Å². The van der Waals surface area contributed by atoms with Gasteiger partial charge in [-0.3, -0.25) is 19.2 Å². The van der Waals surface area contributed by atoms with Crippen molar-refractivity contribution in [3.8, 4) is 0 Å². The number of ether oxygens (including phenoxy) is 4. The van der Waals surface area contributed by atoms with Gasteiger partial charge < -0.3 is 29.2 Å². The molecule has 0 aromatic heterocycles. The number of carbonyl (C=O) groups is 4. The molecule has 0 bridgehead atoms. The lowest BCUT2D eigenvalue weighted by atomic mass is 9.83. The Morgan fingerprint density at radius 1 is 0.714 bits per heavy atom. The molecule has 0 spiro atoms. The summed E-state index contributed by atoms with van der Waals surface area (Å²) in [6, 6.07) is 21.3. The largest absolute Gasteiger partial charge is 0.481 e. The fourth-order valence-corrected chi connectivity index (χ4v) is 6.99. The van der Waals surface area contributed by atoms with Gasteiger partial charge in [0.05, 0.1) is 44.7 Å². The number of carboxylic acid groups (broad SMARTS) is 2. The standard InChI is InChI=1S/C13H24O5S.C11H20O5S.2C10H14/c1-5-18-6-7-19-9-13(3,12(15)16)8-10(2)11(14)17-4;1-3-16-6-7-17-8-9(11(13)14)4-5-10(12)15-2;2*1-3-9(2)10-7-5-4-6-8-10/h10H,5-9H2,1-4H3,(H,15,16);9H,3-8H2,1-2H3,(H,13,14);2*4-9H,3H2,1-2H3. The van der Waals surface area contributed by atoms with Crippen molar-refractivity contribution in [2.45, 2.75) is 99.3 Å². The number of carbonyl (C=O) groups excluding carboxylic acids is 2. The molecule has 0 aliphatic rings. The topological polar surface area (TPSA) is 146 Å². The maximum atomic E-state index is 11.4. The maximum Gasteiger partial charge on any atom is 0.310 e. The van der Waals surface area contributed by atoms with Crippen LogP contribution in [0.25, 0.3) is 0 Å². The molecule has 0 fully saturated rings. The molecule has 0 amide bonds. The minimum absolute atomic E-state index is 0.152. The number of methoxy groups -OCH3 is 2. The van der Waals surface area contributed by atoms with Crippen LogP contribution in [0, 0.1) is 17.3 Å². The summed E-state index contributed by atoms with van der Waals surface area (Å²) in [7, 11) is 2.61. The first kappa shape index (κ1) is 55.0. The van der Waals surface area contributed by atoms with Gasteiger partial charge in [0.2, 0.25) is 0 Å². The van der Waals surface area contributed by atoms with Crippen LogP contribution in [-0.2, 0) is 38.1 Å². The Morgan fingerprint density at radius 2 is 1.18 bits per heavy atom. The van der Waals surface area contributed by atoms with Crippen molar-refractivity contribution in [1.29, 1.82) is 0 Å². The molecular weight excluding hydrogens is 753 g/mol. The van der Waals surface area contributed by atoms with Crippen LogP contribution < -0.4 is 0 Å². The molecule has 0 saturated heterocycles. The Balaban J connectivity index is 0. The summed E-state index contributed by atoms with van der Waals surface area (Å²) in [5.74, 6) is 0.504. The van der Waals surface area contributed by atoms with Gasteiger partial charge >= 0.3 is 23.9 Å². The number of carboxylic acids is 2. The number of thioether (sulfide) groups is 2. The van der Waals surface area contributed by atoms with E-state index in [0.717, 1.165) is 11.5 Å². The molecule has 2 rings (SSSR count). The zero-order valence-corrected chi connectivity index (χ0v) is 37.4. The minimum Gasteiger partial charge on any atom is -0.481 e. The monoisotopic (exact) mass is 824 g/mol. The molecule has 2 N–H and O–H groups in total. The van der Waals surface area contributed by atoms with E-state index in [-0.39, 0.29) is 24.8 Å². The summed E-state index contributed by atoms with van der Waals surface area (Å²) >= 11 is 3.06. The molecule has 56 heavy (non-hydrogen) atoms. The highest BCUT2D eigenvalue weighted by Crippen LogP contribution is 2.31. The molecule has 10 nitrogen and oxygen atoms in total. The van der Waals surface area contributed by atoms with E-state index in [1.807, 2.05) is 13.8 Å². The fraction of sp³-hybridized carbons (Fsp3) is 0.636. The Labute approximate surface area is 346 Å². The van der Waals surface area contributed by atoms with E-state index >= 15 is 0 Å². The molecule has 0 radical (unpaired) electrons. The van der Waals surface area contributed by atoms with Crippen molar-refractivity contribution < 1.29 is 48.3 Å². The Hall–Kier alpha value is -3.06. The zero-order valence-electron chi connectivity index (χ0n) is 35.8. The Kier molecular flexibility index (Phi) is 34.5. The normalized spacial score (nSPS) is 13.6. The van der Waals surface area contributed by atoms with E-state index < -0.39 is 29.2 Å². The quantitative estimate of drug-likeness (QED) is 0.0768. The summed E-state index contributed by atoms with van der Waals surface area (Å²) in [6.45, 7) is 18.7.